The van der Waals surface area contributed by atoms with Crippen LogP contribution in [-0.2, 0) is 11.2 Å². The number of amides is 2. The number of benzene rings is 2. The molecule has 0 spiro atoms. The Morgan fingerprint density at radius 1 is 1.09 bits per heavy atom. The van der Waals surface area contributed by atoms with Crippen LogP contribution in [0, 0.1) is 0 Å². The Balaban J connectivity index is 1.22. The van der Waals surface area contributed by atoms with Crippen molar-refractivity contribution < 1.29 is 14.3 Å². The van der Waals surface area contributed by atoms with Crippen LogP contribution < -0.4 is 10.6 Å². The minimum absolute atomic E-state index is 0.0557. The van der Waals surface area contributed by atoms with Crippen molar-refractivity contribution in [2.45, 2.75) is 51.7 Å². The number of nitrogens with one attached hydrogen (secondary N) is 3. The monoisotopic (exact) mass is 540 g/mol. The first-order chi connectivity index (χ1) is 16.7. The molecule has 0 bridgehead atoms. The molecule has 3 aromatic rings. The number of halogens is 1. The summed E-state index contributed by atoms with van der Waals surface area (Å²) in [4.78, 5) is 29.9. The molecule has 7 nitrogen and oxygen atoms in total. The molecule has 35 heavy (non-hydrogen) atoms. The highest BCUT2D eigenvalue weighted by molar-refractivity contribution is 9.10. The van der Waals surface area contributed by atoms with Crippen LogP contribution in [-0.4, -0.2) is 53.2 Å². The quantitative estimate of drug-likeness (QED) is 0.373. The van der Waals surface area contributed by atoms with Gasteiger partial charge in [-0.15, -0.1) is 0 Å². The average molecular weight is 541 g/mol. The van der Waals surface area contributed by atoms with Gasteiger partial charge in [0.1, 0.15) is 11.3 Å². The van der Waals surface area contributed by atoms with Crippen LogP contribution in [0.3, 0.4) is 0 Å². The number of aromatic nitrogens is 1. The molecule has 8 heteroatoms. The Bertz CT molecular complexity index is 1180. The molecule has 0 atom stereocenters. The number of fused-ring (bicyclic) bond motifs is 1. The highest BCUT2D eigenvalue weighted by Crippen LogP contribution is 2.23. The molecule has 4 rings (SSSR count). The number of likely N-dealkylation sites (tertiary alicyclic amines) is 1. The number of hydrogen-bond donors (Lipinski definition) is 3. The first-order valence-corrected chi connectivity index (χ1v) is 12.9. The van der Waals surface area contributed by atoms with E-state index in [4.69, 9.17) is 4.74 Å². The van der Waals surface area contributed by atoms with Gasteiger partial charge in [-0.05, 0) is 82.0 Å². The number of aromatic amines is 1. The molecule has 1 aromatic heterocycles. The summed E-state index contributed by atoms with van der Waals surface area (Å²) in [7, 11) is 0. The van der Waals surface area contributed by atoms with E-state index in [2.05, 4.69) is 55.8 Å². The smallest absolute Gasteiger partial charge is 0.407 e. The van der Waals surface area contributed by atoms with Gasteiger partial charge in [-0.3, -0.25) is 4.79 Å². The van der Waals surface area contributed by atoms with Gasteiger partial charge < -0.3 is 25.3 Å². The maximum Gasteiger partial charge on any atom is 0.407 e. The summed E-state index contributed by atoms with van der Waals surface area (Å²) in [6.07, 6.45) is 2.15. The van der Waals surface area contributed by atoms with Gasteiger partial charge in [0, 0.05) is 46.7 Å². The second-order valence-electron chi connectivity index (χ2n) is 10.0. The van der Waals surface area contributed by atoms with Crippen LogP contribution in [0.2, 0.25) is 0 Å². The molecule has 0 aliphatic carbocycles. The number of anilines is 1. The summed E-state index contributed by atoms with van der Waals surface area (Å²) >= 11 is 3.48. The summed E-state index contributed by atoms with van der Waals surface area (Å²) < 4.78 is 6.26. The van der Waals surface area contributed by atoms with Crippen LogP contribution in [0.4, 0.5) is 10.5 Å². The number of carbonyl (C=O) groups excluding carboxylic acids is 2. The Labute approximate surface area is 214 Å². The number of nitrogens with zero attached hydrogens (tertiary/aromatic N) is 1. The summed E-state index contributed by atoms with van der Waals surface area (Å²) in [5.41, 5.74) is 3.34. The van der Waals surface area contributed by atoms with Gasteiger partial charge in [-0.2, -0.15) is 0 Å². The number of rotatable bonds is 6. The summed E-state index contributed by atoms with van der Waals surface area (Å²) in [6, 6.07) is 16.5. The molecule has 0 radical (unpaired) electrons. The third kappa shape index (κ3) is 7.01. The van der Waals surface area contributed by atoms with Crippen molar-refractivity contribution in [1.82, 2.24) is 15.2 Å². The van der Waals surface area contributed by atoms with Crippen LogP contribution in [0.1, 0.15) is 49.7 Å². The lowest BCUT2D eigenvalue weighted by atomic mass is 10.0. The fourth-order valence-electron chi connectivity index (χ4n) is 4.24. The molecule has 3 N–H and O–H groups in total. The van der Waals surface area contributed by atoms with Crippen LogP contribution in [0.25, 0.3) is 10.9 Å². The van der Waals surface area contributed by atoms with Gasteiger partial charge in [0.25, 0.3) is 5.91 Å². The Morgan fingerprint density at radius 2 is 1.80 bits per heavy atom. The van der Waals surface area contributed by atoms with Gasteiger partial charge in [0.15, 0.2) is 0 Å². The molecule has 0 unspecified atom stereocenters. The summed E-state index contributed by atoms with van der Waals surface area (Å²) in [6.45, 7) is 7.53. The fourth-order valence-corrected chi connectivity index (χ4v) is 4.62. The van der Waals surface area contributed by atoms with Crippen LogP contribution in [0.15, 0.2) is 53.0 Å². The maximum atomic E-state index is 13.0. The van der Waals surface area contributed by atoms with E-state index < -0.39 is 11.7 Å². The predicted molar refractivity (Wildman–Crippen MR) is 143 cm³/mol. The predicted octanol–water partition coefficient (Wildman–Crippen LogP) is 5.71. The van der Waals surface area contributed by atoms with Gasteiger partial charge >= 0.3 is 6.09 Å². The Morgan fingerprint density at radius 3 is 2.49 bits per heavy atom. The van der Waals surface area contributed by atoms with Crippen molar-refractivity contribution in [2.75, 3.05) is 25.0 Å². The van der Waals surface area contributed by atoms with Crippen molar-refractivity contribution in [3.63, 3.8) is 0 Å². The second-order valence-corrected chi connectivity index (χ2v) is 10.9. The maximum absolute atomic E-state index is 13.0. The van der Waals surface area contributed by atoms with Crippen molar-refractivity contribution >= 4 is 44.5 Å². The van der Waals surface area contributed by atoms with Crippen LogP contribution in [0.5, 0.6) is 0 Å². The standard InChI is InChI=1S/C27H33BrN4O3/c1-27(2,3)35-26(34)29-13-10-18-4-7-21(8-5-18)30-22-11-14-32(15-12-22)25(33)24-17-19-16-20(28)6-9-23(19)31-24/h4-9,16-17,22,30-31H,10-15H2,1-3H3,(H,29,34). The van der Waals surface area contributed by atoms with Gasteiger partial charge in [0.05, 0.1) is 0 Å². The van der Waals surface area contributed by atoms with E-state index in [-0.39, 0.29) is 5.91 Å². The number of alkyl carbamates (subject to hydrolysis) is 1. The van der Waals surface area contributed by atoms with E-state index in [0.717, 1.165) is 59.0 Å². The number of carbonyl (C=O) groups is 2. The zero-order chi connectivity index (χ0) is 25.0. The molecule has 1 aliphatic rings. The topological polar surface area (TPSA) is 86.5 Å². The lowest BCUT2D eigenvalue weighted by Gasteiger charge is -2.32. The SMILES string of the molecule is CC(C)(C)OC(=O)NCCc1ccc(NC2CCN(C(=O)c3cc4cc(Br)ccc4[nH]3)CC2)cc1. The van der Waals surface area contributed by atoms with Crippen molar-refractivity contribution in [3.8, 4) is 0 Å². The van der Waals surface area contributed by atoms with E-state index in [1.54, 1.807) is 0 Å². The van der Waals surface area contributed by atoms with E-state index in [1.807, 2.05) is 49.9 Å². The fraction of sp³-hybridized carbons (Fsp3) is 0.407. The average Bonchev–Trinajstić information content (AvgIpc) is 3.22. The van der Waals surface area contributed by atoms with E-state index in [9.17, 15) is 9.59 Å². The molecular formula is C27H33BrN4O3. The molecule has 1 saturated heterocycles. The highest BCUT2D eigenvalue weighted by Gasteiger charge is 2.24. The largest absolute Gasteiger partial charge is 0.444 e. The van der Waals surface area contributed by atoms with Gasteiger partial charge in [-0.1, -0.05) is 28.1 Å². The van der Waals surface area contributed by atoms with E-state index in [1.165, 1.54) is 0 Å². The van der Waals surface area contributed by atoms with Crippen molar-refractivity contribution in [3.05, 3.63) is 64.3 Å². The highest BCUT2D eigenvalue weighted by atomic mass is 79.9. The van der Waals surface area contributed by atoms with Gasteiger partial charge in [0.2, 0.25) is 0 Å². The first kappa shape index (κ1) is 25.1. The zero-order valence-corrected chi connectivity index (χ0v) is 22.1. The third-order valence-corrected chi connectivity index (χ3v) is 6.50. The second kappa shape index (κ2) is 10.7. The number of ether oxygens (including phenoxy) is 1. The van der Waals surface area contributed by atoms with Crippen molar-refractivity contribution in [2.24, 2.45) is 0 Å². The zero-order valence-electron chi connectivity index (χ0n) is 20.5. The third-order valence-electron chi connectivity index (χ3n) is 6.00. The first-order valence-electron chi connectivity index (χ1n) is 12.1. The number of hydrogen-bond acceptors (Lipinski definition) is 4. The van der Waals surface area contributed by atoms with Gasteiger partial charge in [-0.25, -0.2) is 4.79 Å². The lowest BCUT2D eigenvalue weighted by molar-refractivity contribution is 0.0528. The Hall–Kier alpha value is -3.00. The summed E-state index contributed by atoms with van der Waals surface area (Å²) in [5, 5.41) is 7.41. The normalized spacial score (nSPS) is 14.7. The van der Waals surface area contributed by atoms with Crippen molar-refractivity contribution in [1.29, 1.82) is 0 Å². The van der Waals surface area contributed by atoms with E-state index >= 15 is 0 Å². The number of piperidine rings is 1. The lowest BCUT2D eigenvalue weighted by Crippen LogP contribution is -2.42. The molecule has 1 aliphatic heterocycles. The molecule has 0 saturated carbocycles. The molecule has 2 aromatic carbocycles. The molecule has 1 fully saturated rings. The molecular weight excluding hydrogens is 508 g/mol. The molecule has 2 amide bonds. The van der Waals surface area contributed by atoms with E-state index in [0.29, 0.717) is 18.3 Å². The molecule has 186 valence electrons. The Kier molecular flexibility index (Phi) is 7.69. The number of H-pyrrole nitrogens is 1. The van der Waals surface area contributed by atoms with Crippen LogP contribution >= 0.6 is 15.9 Å². The minimum atomic E-state index is -0.491. The summed E-state index contributed by atoms with van der Waals surface area (Å²) in [5.74, 6) is 0.0557. The minimum Gasteiger partial charge on any atom is -0.444 e. The molecule has 2 heterocycles.